The van der Waals surface area contributed by atoms with Gasteiger partial charge in [0.1, 0.15) is 0 Å². The van der Waals surface area contributed by atoms with Gasteiger partial charge < -0.3 is 10.5 Å². The van der Waals surface area contributed by atoms with Gasteiger partial charge in [0.05, 0.1) is 11.0 Å². The number of anilines is 1. The molecule has 1 atom stereocenters. The van der Waals surface area contributed by atoms with Crippen LogP contribution < -0.4 is 5.73 Å². The fourth-order valence-electron chi connectivity index (χ4n) is 2.44. The third-order valence-corrected chi connectivity index (χ3v) is 5.67. The quantitative estimate of drug-likeness (QED) is 0.843. The Morgan fingerprint density at radius 2 is 2.05 bits per heavy atom. The van der Waals surface area contributed by atoms with Crippen molar-refractivity contribution in [2.75, 3.05) is 25.4 Å². The predicted octanol–water partition coefficient (Wildman–Crippen LogP) is 1.69. The van der Waals surface area contributed by atoms with Gasteiger partial charge >= 0.3 is 0 Å². The molecule has 0 saturated carbocycles. The van der Waals surface area contributed by atoms with Crippen molar-refractivity contribution in [3.05, 3.63) is 23.3 Å². The van der Waals surface area contributed by atoms with Crippen molar-refractivity contribution in [2.45, 2.75) is 38.2 Å². The molecule has 2 rings (SSSR count). The first kappa shape index (κ1) is 15.3. The third kappa shape index (κ3) is 2.97. The Bertz CT molecular complexity index is 599. The van der Waals surface area contributed by atoms with Gasteiger partial charge in [0.25, 0.3) is 0 Å². The molecule has 1 heterocycles. The van der Waals surface area contributed by atoms with Crippen molar-refractivity contribution in [1.29, 1.82) is 0 Å². The van der Waals surface area contributed by atoms with Gasteiger partial charge in [-0.25, -0.2) is 8.42 Å². The van der Waals surface area contributed by atoms with Crippen LogP contribution in [-0.4, -0.2) is 38.5 Å². The summed E-state index contributed by atoms with van der Waals surface area (Å²) < 4.78 is 32.7. The molecule has 0 amide bonds. The number of rotatable bonds is 2. The van der Waals surface area contributed by atoms with Crippen LogP contribution in [0.1, 0.15) is 24.5 Å². The highest BCUT2D eigenvalue weighted by atomic mass is 32.2. The van der Waals surface area contributed by atoms with Gasteiger partial charge in [0.2, 0.25) is 10.0 Å². The van der Waals surface area contributed by atoms with E-state index in [-0.39, 0.29) is 6.10 Å². The lowest BCUT2D eigenvalue weighted by Crippen LogP contribution is -2.36. The molecule has 0 aliphatic carbocycles. The molecule has 0 bridgehead atoms. The number of nitrogen functional groups attached to an aromatic ring is 1. The molecular weight excluding hydrogens is 276 g/mol. The summed E-state index contributed by atoms with van der Waals surface area (Å²) in [5, 5.41) is 0. The van der Waals surface area contributed by atoms with Gasteiger partial charge in [-0.2, -0.15) is 4.31 Å². The van der Waals surface area contributed by atoms with Crippen molar-refractivity contribution in [2.24, 2.45) is 0 Å². The number of aryl methyl sites for hydroxylation is 1. The fourth-order valence-corrected chi connectivity index (χ4v) is 4.32. The SMILES string of the molecule is Cc1cc(N)cc(S(=O)(=O)N2CCCOC(C)C2)c1C. The highest BCUT2D eigenvalue weighted by Gasteiger charge is 2.29. The summed E-state index contributed by atoms with van der Waals surface area (Å²) in [4.78, 5) is 0.309. The van der Waals surface area contributed by atoms with Crippen molar-refractivity contribution in [3.8, 4) is 0 Å². The van der Waals surface area contributed by atoms with E-state index in [4.69, 9.17) is 10.5 Å². The Balaban J connectivity index is 2.44. The lowest BCUT2D eigenvalue weighted by molar-refractivity contribution is 0.0752. The zero-order valence-corrected chi connectivity index (χ0v) is 13.0. The summed E-state index contributed by atoms with van der Waals surface area (Å²) in [6.45, 7) is 7.06. The zero-order chi connectivity index (χ0) is 14.9. The van der Waals surface area contributed by atoms with Crippen LogP contribution in [0.3, 0.4) is 0 Å². The first-order chi connectivity index (χ1) is 9.32. The molecule has 0 aromatic heterocycles. The third-order valence-electron chi connectivity index (χ3n) is 3.67. The minimum atomic E-state index is -3.52. The van der Waals surface area contributed by atoms with E-state index in [0.717, 1.165) is 11.1 Å². The van der Waals surface area contributed by atoms with Crippen molar-refractivity contribution in [3.63, 3.8) is 0 Å². The number of nitrogens with two attached hydrogens (primary N) is 1. The van der Waals surface area contributed by atoms with Crippen molar-refractivity contribution < 1.29 is 13.2 Å². The Labute approximate surface area is 120 Å². The van der Waals surface area contributed by atoms with E-state index in [1.54, 1.807) is 12.1 Å². The summed E-state index contributed by atoms with van der Waals surface area (Å²) in [6, 6.07) is 3.34. The lowest BCUT2D eigenvalue weighted by Gasteiger charge is -2.23. The first-order valence-electron chi connectivity index (χ1n) is 6.81. The molecule has 1 aromatic carbocycles. The van der Waals surface area contributed by atoms with E-state index in [1.165, 1.54) is 4.31 Å². The molecule has 1 aliphatic rings. The Morgan fingerprint density at radius 3 is 2.75 bits per heavy atom. The van der Waals surface area contributed by atoms with Crippen LogP contribution in [0.2, 0.25) is 0 Å². The van der Waals surface area contributed by atoms with Crippen LogP contribution in [0.4, 0.5) is 5.69 Å². The largest absolute Gasteiger partial charge is 0.399 e. The molecular formula is C14H22N2O3S. The highest BCUT2D eigenvalue weighted by molar-refractivity contribution is 7.89. The maximum atomic E-state index is 12.8. The van der Waals surface area contributed by atoms with E-state index >= 15 is 0 Å². The standard InChI is InChI=1S/C14H22N2O3S/c1-10-7-13(15)8-14(12(10)3)20(17,18)16-5-4-6-19-11(2)9-16/h7-8,11H,4-6,9,15H2,1-3H3. The Hall–Kier alpha value is -1.11. The first-order valence-corrected chi connectivity index (χ1v) is 8.25. The average molecular weight is 298 g/mol. The monoisotopic (exact) mass is 298 g/mol. The molecule has 112 valence electrons. The van der Waals surface area contributed by atoms with E-state index in [2.05, 4.69) is 0 Å². The summed E-state index contributed by atoms with van der Waals surface area (Å²) in [5.41, 5.74) is 7.94. The molecule has 0 radical (unpaired) electrons. The number of ether oxygens (including phenoxy) is 1. The maximum absolute atomic E-state index is 12.8. The molecule has 1 saturated heterocycles. The van der Waals surface area contributed by atoms with E-state index in [1.807, 2.05) is 20.8 Å². The lowest BCUT2D eigenvalue weighted by atomic mass is 10.1. The van der Waals surface area contributed by atoms with Crippen LogP contribution in [0.15, 0.2) is 17.0 Å². The number of nitrogens with zero attached hydrogens (tertiary/aromatic N) is 1. The van der Waals surface area contributed by atoms with Gasteiger partial charge in [-0.15, -0.1) is 0 Å². The number of benzene rings is 1. The zero-order valence-electron chi connectivity index (χ0n) is 12.2. The van der Waals surface area contributed by atoms with Crippen molar-refractivity contribution >= 4 is 15.7 Å². The van der Waals surface area contributed by atoms with Crippen LogP contribution in [0.5, 0.6) is 0 Å². The highest BCUT2D eigenvalue weighted by Crippen LogP contribution is 2.26. The summed E-state index contributed by atoms with van der Waals surface area (Å²) in [6.07, 6.45) is 0.624. The van der Waals surface area contributed by atoms with Crippen LogP contribution in [0.25, 0.3) is 0 Å². The van der Waals surface area contributed by atoms with E-state index in [9.17, 15) is 8.42 Å². The van der Waals surface area contributed by atoms with Gasteiger partial charge in [0.15, 0.2) is 0 Å². The van der Waals surface area contributed by atoms with Crippen LogP contribution >= 0.6 is 0 Å². The second kappa shape index (κ2) is 5.71. The predicted molar refractivity (Wildman–Crippen MR) is 79.1 cm³/mol. The molecule has 5 nitrogen and oxygen atoms in total. The number of hydrogen-bond donors (Lipinski definition) is 1. The molecule has 6 heteroatoms. The topological polar surface area (TPSA) is 72.6 Å². The van der Waals surface area contributed by atoms with E-state index < -0.39 is 10.0 Å². The Kier molecular flexibility index (Phi) is 4.36. The molecule has 0 spiro atoms. The molecule has 1 fully saturated rings. The van der Waals surface area contributed by atoms with Gasteiger partial charge in [-0.3, -0.25) is 0 Å². The molecule has 1 aliphatic heterocycles. The van der Waals surface area contributed by atoms with E-state index in [0.29, 0.717) is 36.7 Å². The molecule has 1 unspecified atom stereocenters. The second-order valence-corrected chi connectivity index (χ2v) is 7.27. The minimum Gasteiger partial charge on any atom is -0.399 e. The Morgan fingerprint density at radius 1 is 1.35 bits per heavy atom. The van der Waals surface area contributed by atoms with Crippen LogP contribution in [-0.2, 0) is 14.8 Å². The van der Waals surface area contributed by atoms with Gasteiger partial charge in [-0.1, -0.05) is 0 Å². The molecule has 2 N–H and O–H groups in total. The number of hydrogen-bond acceptors (Lipinski definition) is 4. The van der Waals surface area contributed by atoms with Crippen LogP contribution in [0, 0.1) is 13.8 Å². The fraction of sp³-hybridized carbons (Fsp3) is 0.571. The number of sulfonamides is 1. The van der Waals surface area contributed by atoms with Gasteiger partial charge in [0, 0.05) is 25.4 Å². The van der Waals surface area contributed by atoms with Crippen molar-refractivity contribution in [1.82, 2.24) is 4.31 Å². The average Bonchev–Trinajstić information content (AvgIpc) is 2.58. The summed E-state index contributed by atoms with van der Waals surface area (Å²) >= 11 is 0. The maximum Gasteiger partial charge on any atom is 0.243 e. The summed E-state index contributed by atoms with van der Waals surface area (Å²) in [7, 11) is -3.52. The smallest absolute Gasteiger partial charge is 0.243 e. The van der Waals surface area contributed by atoms with Gasteiger partial charge in [-0.05, 0) is 50.5 Å². The molecule has 1 aromatic rings. The molecule has 20 heavy (non-hydrogen) atoms. The second-order valence-electron chi connectivity index (χ2n) is 5.36. The summed E-state index contributed by atoms with van der Waals surface area (Å²) in [5.74, 6) is 0. The minimum absolute atomic E-state index is 0.0882. The normalized spacial score (nSPS) is 21.6.